The number of nitrogens with one attached hydrogen (secondary N) is 1. The molecule has 3 nitrogen and oxygen atoms in total. The summed E-state index contributed by atoms with van der Waals surface area (Å²) in [6.07, 6.45) is 1.71. The van der Waals surface area contributed by atoms with E-state index in [-0.39, 0.29) is 11.8 Å². The standard InChI is InChI=1S/C13H20N2O/c1-4-10(5-2)13(16)15-12-7-6-9(3)8-11(12)14/h6-8,10H,4-5,14H2,1-3H3,(H,15,16). The molecule has 0 aliphatic rings. The molecular weight excluding hydrogens is 200 g/mol. The summed E-state index contributed by atoms with van der Waals surface area (Å²) in [4.78, 5) is 11.8. The Morgan fingerprint density at radius 2 is 2.00 bits per heavy atom. The molecule has 0 aromatic heterocycles. The fraction of sp³-hybridized carbons (Fsp3) is 0.462. The van der Waals surface area contributed by atoms with E-state index in [0.29, 0.717) is 11.4 Å². The molecule has 16 heavy (non-hydrogen) atoms. The maximum atomic E-state index is 11.8. The second-order valence-electron chi connectivity index (χ2n) is 4.09. The van der Waals surface area contributed by atoms with Crippen LogP contribution in [0.15, 0.2) is 18.2 Å². The monoisotopic (exact) mass is 220 g/mol. The van der Waals surface area contributed by atoms with Crippen LogP contribution in [0.1, 0.15) is 32.3 Å². The van der Waals surface area contributed by atoms with Gasteiger partial charge in [-0.1, -0.05) is 19.9 Å². The van der Waals surface area contributed by atoms with E-state index in [1.807, 2.05) is 39.0 Å². The lowest BCUT2D eigenvalue weighted by molar-refractivity contribution is -0.120. The molecule has 0 aliphatic heterocycles. The number of nitrogens with two attached hydrogens (primary N) is 1. The summed E-state index contributed by atoms with van der Waals surface area (Å²) in [5.41, 5.74) is 8.27. The summed E-state index contributed by atoms with van der Waals surface area (Å²) in [5, 5.41) is 2.88. The number of carbonyl (C=O) groups is 1. The van der Waals surface area contributed by atoms with Crippen molar-refractivity contribution in [1.82, 2.24) is 0 Å². The van der Waals surface area contributed by atoms with Crippen molar-refractivity contribution < 1.29 is 4.79 Å². The van der Waals surface area contributed by atoms with Crippen LogP contribution in [0.25, 0.3) is 0 Å². The molecule has 88 valence electrons. The average molecular weight is 220 g/mol. The van der Waals surface area contributed by atoms with Crippen molar-refractivity contribution in [3.63, 3.8) is 0 Å². The third-order valence-corrected chi connectivity index (χ3v) is 2.82. The zero-order valence-electron chi connectivity index (χ0n) is 10.2. The SMILES string of the molecule is CCC(CC)C(=O)Nc1ccc(C)cc1N. The molecule has 0 saturated heterocycles. The molecule has 1 amide bonds. The molecule has 0 radical (unpaired) electrons. The van der Waals surface area contributed by atoms with E-state index in [1.54, 1.807) is 0 Å². The van der Waals surface area contributed by atoms with E-state index in [4.69, 9.17) is 5.73 Å². The normalized spacial score (nSPS) is 10.5. The molecule has 0 saturated carbocycles. The summed E-state index contributed by atoms with van der Waals surface area (Å²) in [6, 6.07) is 5.66. The van der Waals surface area contributed by atoms with Crippen LogP contribution < -0.4 is 11.1 Å². The number of carbonyl (C=O) groups excluding carboxylic acids is 1. The van der Waals surface area contributed by atoms with E-state index in [1.165, 1.54) is 0 Å². The van der Waals surface area contributed by atoms with Gasteiger partial charge in [0, 0.05) is 5.92 Å². The zero-order valence-corrected chi connectivity index (χ0v) is 10.2. The molecule has 0 aliphatic carbocycles. The molecule has 1 aromatic carbocycles. The van der Waals surface area contributed by atoms with Crippen molar-refractivity contribution in [3.05, 3.63) is 23.8 Å². The van der Waals surface area contributed by atoms with Gasteiger partial charge in [-0.15, -0.1) is 0 Å². The molecule has 1 aromatic rings. The molecule has 0 atom stereocenters. The molecule has 0 spiro atoms. The third kappa shape index (κ3) is 2.99. The molecule has 0 bridgehead atoms. The quantitative estimate of drug-likeness (QED) is 0.766. The first-order chi connectivity index (χ1) is 7.58. The van der Waals surface area contributed by atoms with Crippen LogP contribution in [0.3, 0.4) is 0 Å². The number of anilines is 2. The van der Waals surface area contributed by atoms with Crippen LogP contribution in [0, 0.1) is 12.8 Å². The highest BCUT2D eigenvalue weighted by Crippen LogP contribution is 2.21. The highest BCUT2D eigenvalue weighted by molar-refractivity contribution is 5.95. The van der Waals surface area contributed by atoms with Gasteiger partial charge in [0.2, 0.25) is 5.91 Å². The van der Waals surface area contributed by atoms with E-state index < -0.39 is 0 Å². The predicted octanol–water partition coefficient (Wildman–Crippen LogP) is 2.95. The van der Waals surface area contributed by atoms with Crippen LogP contribution in [0.5, 0.6) is 0 Å². The van der Waals surface area contributed by atoms with Crippen LogP contribution in [0.2, 0.25) is 0 Å². The number of nitrogen functional groups attached to an aromatic ring is 1. The fourth-order valence-electron chi connectivity index (χ4n) is 1.69. The van der Waals surface area contributed by atoms with Gasteiger partial charge in [0.15, 0.2) is 0 Å². The van der Waals surface area contributed by atoms with E-state index in [2.05, 4.69) is 5.32 Å². The smallest absolute Gasteiger partial charge is 0.227 e. The first-order valence-electron chi connectivity index (χ1n) is 5.75. The molecular formula is C13H20N2O. The van der Waals surface area contributed by atoms with Crippen molar-refractivity contribution >= 4 is 17.3 Å². The van der Waals surface area contributed by atoms with Crippen molar-refractivity contribution in [3.8, 4) is 0 Å². The summed E-state index contributed by atoms with van der Waals surface area (Å²) in [7, 11) is 0. The van der Waals surface area contributed by atoms with Gasteiger partial charge in [0.05, 0.1) is 11.4 Å². The molecule has 3 heteroatoms. The average Bonchev–Trinajstić information content (AvgIpc) is 2.24. The largest absolute Gasteiger partial charge is 0.397 e. The molecule has 1 rings (SSSR count). The number of benzene rings is 1. The lowest BCUT2D eigenvalue weighted by atomic mass is 10.0. The van der Waals surface area contributed by atoms with E-state index in [0.717, 1.165) is 18.4 Å². The number of aryl methyl sites for hydroxylation is 1. The van der Waals surface area contributed by atoms with Crippen molar-refractivity contribution in [1.29, 1.82) is 0 Å². The number of rotatable bonds is 4. The van der Waals surface area contributed by atoms with Crippen LogP contribution in [-0.4, -0.2) is 5.91 Å². The van der Waals surface area contributed by atoms with Gasteiger partial charge in [-0.3, -0.25) is 4.79 Å². The first-order valence-corrected chi connectivity index (χ1v) is 5.75. The van der Waals surface area contributed by atoms with E-state index in [9.17, 15) is 4.79 Å². The number of hydrogen-bond acceptors (Lipinski definition) is 2. The first kappa shape index (κ1) is 12.6. The minimum atomic E-state index is 0.0561. The summed E-state index contributed by atoms with van der Waals surface area (Å²) >= 11 is 0. The molecule has 0 heterocycles. The Labute approximate surface area is 97.0 Å². The Kier molecular flexibility index (Phi) is 4.35. The number of hydrogen-bond donors (Lipinski definition) is 2. The number of amides is 1. The van der Waals surface area contributed by atoms with Crippen molar-refractivity contribution in [2.24, 2.45) is 5.92 Å². The van der Waals surface area contributed by atoms with Crippen LogP contribution >= 0.6 is 0 Å². The molecule has 3 N–H and O–H groups in total. The Morgan fingerprint density at radius 3 is 2.50 bits per heavy atom. The van der Waals surface area contributed by atoms with Crippen molar-refractivity contribution in [2.75, 3.05) is 11.1 Å². The Morgan fingerprint density at radius 1 is 1.38 bits per heavy atom. The van der Waals surface area contributed by atoms with Gasteiger partial charge in [-0.05, 0) is 37.5 Å². The highest BCUT2D eigenvalue weighted by Gasteiger charge is 2.14. The highest BCUT2D eigenvalue weighted by atomic mass is 16.1. The van der Waals surface area contributed by atoms with E-state index >= 15 is 0 Å². The molecule has 0 unspecified atom stereocenters. The van der Waals surface area contributed by atoms with Crippen molar-refractivity contribution in [2.45, 2.75) is 33.6 Å². The molecule has 0 fully saturated rings. The second kappa shape index (κ2) is 5.54. The lowest BCUT2D eigenvalue weighted by Crippen LogP contribution is -2.22. The fourth-order valence-corrected chi connectivity index (χ4v) is 1.69. The van der Waals surface area contributed by atoms with Gasteiger partial charge < -0.3 is 11.1 Å². The van der Waals surface area contributed by atoms with Crippen LogP contribution in [0.4, 0.5) is 11.4 Å². The van der Waals surface area contributed by atoms with Gasteiger partial charge in [-0.25, -0.2) is 0 Å². The summed E-state index contributed by atoms with van der Waals surface area (Å²) in [5.74, 6) is 0.126. The third-order valence-electron chi connectivity index (χ3n) is 2.82. The topological polar surface area (TPSA) is 55.1 Å². The second-order valence-corrected chi connectivity index (χ2v) is 4.09. The minimum absolute atomic E-state index is 0.0561. The Balaban J connectivity index is 2.76. The van der Waals surface area contributed by atoms with Gasteiger partial charge in [0.1, 0.15) is 0 Å². The summed E-state index contributed by atoms with van der Waals surface area (Å²) < 4.78 is 0. The zero-order chi connectivity index (χ0) is 12.1. The van der Waals surface area contributed by atoms with Crippen LogP contribution in [-0.2, 0) is 4.79 Å². The summed E-state index contributed by atoms with van der Waals surface area (Å²) in [6.45, 7) is 6.02. The van der Waals surface area contributed by atoms with Gasteiger partial charge in [-0.2, -0.15) is 0 Å². The minimum Gasteiger partial charge on any atom is -0.397 e. The maximum Gasteiger partial charge on any atom is 0.227 e. The van der Waals surface area contributed by atoms with Gasteiger partial charge >= 0.3 is 0 Å². The lowest BCUT2D eigenvalue weighted by Gasteiger charge is -2.14. The Hall–Kier alpha value is -1.51. The van der Waals surface area contributed by atoms with Gasteiger partial charge in [0.25, 0.3) is 0 Å². The maximum absolute atomic E-state index is 11.8. The Bertz CT molecular complexity index is 370. The predicted molar refractivity (Wildman–Crippen MR) is 68.3 cm³/mol.